The summed E-state index contributed by atoms with van der Waals surface area (Å²) in [5.41, 5.74) is 1.24. The van der Waals surface area contributed by atoms with Crippen LogP contribution in [0.3, 0.4) is 0 Å². The third kappa shape index (κ3) is 9.29. The SMILES string of the molecule is CC.CC1CCCCCCC1.Oc1c(F)c(F)c(SN2CCC(Cc3ccccc3)CC2)c(F)c1F. The molecule has 1 heterocycles. The number of rotatable bonds is 4. The molecule has 1 aliphatic carbocycles. The number of phenols is 1. The van der Waals surface area contributed by atoms with E-state index in [0.717, 1.165) is 25.2 Å². The predicted octanol–water partition coefficient (Wildman–Crippen LogP) is 9.30. The Morgan fingerprint density at radius 3 is 1.81 bits per heavy atom. The maximum absolute atomic E-state index is 13.8. The van der Waals surface area contributed by atoms with Gasteiger partial charge in [-0.2, -0.15) is 8.78 Å². The van der Waals surface area contributed by atoms with Crippen LogP contribution in [0.1, 0.15) is 84.1 Å². The number of benzene rings is 2. The van der Waals surface area contributed by atoms with E-state index in [2.05, 4.69) is 19.1 Å². The smallest absolute Gasteiger partial charge is 0.204 e. The summed E-state index contributed by atoms with van der Waals surface area (Å²) >= 11 is 0.655. The zero-order valence-corrected chi connectivity index (χ0v) is 22.7. The Labute approximate surface area is 218 Å². The van der Waals surface area contributed by atoms with Crippen LogP contribution in [-0.4, -0.2) is 22.5 Å². The van der Waals surface area contributed by atoms with Gasteiger partial charge in [0.1, 0.15) is 4.90 Å². The van der Waals surface area contributed by atoms with E-state index in [1.54, 1.807) is 4.31 Å². The van der Waals surface area contributed by atoms with Gasteiger partial charge in [0.25, 0.3) is 0 Å². The van der Waals surface area contributed by atoms with Gasteiger partial charge >= 0.3 is 0 Å². The van der Waals surface area contributed by atoms with Gasteiger partial charge in [0.05, 0.1) is 0 Å². The molecule has 2 fully saturated rings. The Bertz CT molecular complexity index is 867. The van der Waals surface area contributed by atoms with Gasteiger partial charge in [-0.15, -0.1) is 0 Å². The summed E-state index contributed by atoms with van der Waals surface area (Å²) in [6, 6.07) is 10.1. The van der Waals surface area contributed by atoms with Crippen molar-refractivity contribution in [3.8, 4) is 5.75 Å². The molecule has 0 aromatic heterocycles. The third-order valence-electron chi connectivity index (χ3n) is 6.75. The van der Waals surface area contributed by atoms with Gasteiger partial charge < -0.3 is 5.11 Å². The first-order chi connectivity index (χ1) is 17.4. The van der Waals surface area contributed by atoms with Crippen LogP contribution in [0.25, 0.3) is 0 Å². The van der Waals surface area contributed by atoms with Crippen molar-refractivity contribution in [2.75, 3.05) is 13.1 Å². The summed E-state index contributed by atoms with van der Waals surface area (Å²) in [6.45, 7) is 7.52. The lowest BCUT2D eigenvalue weighted by molar-refractivity contribution is 0.288. The van der Waals surface area contributed by atoms with Crippen LogP contribution in [-0.2, 0) is 6.42 Å². The molecule has 0 radical (unpaired) electrons. The summed E-state index contributed by atoms with van der Waals surface area (Å²) < 4.78 is 56.2. The third-order valence-corrected chi connectivity index (χ3v) is 7.92. The summed E-state index contributed by atoms with van der Waals surface area (Å²) in [6.07, 6.45) is 13.0. The Hall–Kier alpha value is -1.73. The van der Waals surface area contributed by atoms with Crippen LogP contribution >= 0.6 is 11.9 Å². The highest BCUT2D eigenvalue weighted by Crippen LogP contribution is 2.37. The van der Waals surface area contributed by atoms with Crippen molar-refractivity contribution < 1.29 is 22.7 Å². The molecule has 2 nitrogen and oxygen atoms in total. The molecule has 0 amide bonds. The van der Waals surface area contributed by atoms with Crippen molar-refractivity contribution in [1.82, 2.24) is 4.31 Å². The van der Waals surface area contributed by atoms with E-state index < -0.39 is 33.9 Å². The maximum Gasteiger partial charge on any atom is 0.204 e. The fraction of sp³-hybridized carbons (Fsp3) is 0.586. The van der Waals surface area contributed by atoms with Gasteiger partial charge in [0.15, 0.2) is 17.4 Å². The first kappa shape index (κ1) is 30.5. The second-order valence-corrected chi connectivity index (χ2v) is 10.6. The fourth-order valence-corrected chi connectivity index (χ4v) is 5.61. The second-order valence-electron chi connectivity index (χ2n) is 9.54. The van der Waals surface area contributed by atoms with Crippen LogP contribution in [0.2, 0.25) is 0 Å². The van der Waals surface area contributed by atoms with Gasteiger partial charge in [-0.1, -0.05) is 96.0 Å². The molecule has 1 N–H and O–H groups in total. The molecule has 2 aliphatic rings. The number of hydrogen-bond acceptors (Lipinski definition) is 3. The molecular formula is C29H41F4NOS. The van der Waals surface area contributed by atoms with Crippen molar-refractivity contribution in [3.63, 3.8) is 0 Å². The first-order valence-corrected chi connectivity index (χ1v) is 14.2. The number of halogens is 4. The lowest BCUT2D eigenvalue weighted by Crippen LogP contribution is -2.29. The average Bonchev–Trinajstić information content (AvgIpc) is 2.89. The highest BCUT2D eigenvalue weighted by atomic mass is 32.2. The lowest BCUT2D eigenvalue weighted by Gasteiger charge is -2.31. The summed E-state index contributed by atoms with van der Waals surface area (Å²) in [5.74, 6) is -6.80. The number of piperidine rings is 1. The summed E-state index contributed by atoms with van der Waals surface area (Å²) in [7, 11) is 0. The molecule has 0 spiro atoms. The quantitative estimate of drug-likeness (QED) is 0.243. The van der Waals surface area contributed by atoms with Gasteiger partial charge in [-0.05, 0) is 48.6 Å². The minimum absolute atomic E-state index is 0.460. The minimum Gasteiger partial charge on any atom is -0.503 e. The van der Waals surface area contributed by atoms with Crippen molar-refractivity contribution in [2.24, 2.45) is 11.8 Å². The van der Waals surface area contributed by atoms with Crippen molar-refractivity contribution in [3.05, 3.63) is 59.2 Å². The zero-order valence-electron chi connectivity index (χ0n) is 21.8. The summed E-state index contributed by atoms with van der Waals surface area (Å²) in [4.78, 5) is -0.755. The Balaban J connectivity index is 0.000000347. The van der Waals surface area contributed by atoms with Crippen molar-refractivity contribution >= 4 is 11.9 Å². The summed E-state index contributed by atoms with van der Waals surface area (Å²) in [5, 5.41) is 9.02. The monoisotopic (exact) mass is 527 g/mol. The standard InChI is InChI=1S/C18H17F4NOS.C9H18.C2H6/c19-13-15(21)18(16(22)14(20)17(13)24)25-23-8-6-12(7-9-23)10-11-4-2-1-3-5-11;1-9-7-5-3-2-4-6-8-9;1-2/h1-5,12,24H,6-10H2;9H,2-8H2,1H3;1-2H3. The minimum atomic E-state index is -1.76. The van der Waals surface area contributed by atoms with Crippen LogP contribution in [0.4, 0.5) is 17.6 Å². The molecular weight excluding hydrogens is 486 g/mol. The molecule has 0 bridgehead atoms. The second kappa shape index (κ2) is 16.2. The highest BCUT2D eigenvalue weighted by molar-refractivity contribution is 7.97. The Morgan fingerprint density at radius 2 is 1.28 bits per heavy atom. The van der Waals surface area contributed by atoms with E-state index in [1.807, 2.05) is 32.0 Å². The van der Waals surface area contributed by atoms with Crippen molar-refractivity contribution in [1.29, 1.82) is 0 Å². The maximum atomic E-state index is 13.8. The van der Waals surface area contributed by atoms with Crippen LogP contribution < -0.4 is 0 Å². The molecule has 0 atom stereocenters. The average molecular weight is 528 g/mol. The van der Waals surface area contributed by atoms with Gasteiger partial charge in [0, 0.05) is 13.1 Å². The van der Waals surface area contributed by atoms with E-state index in [0.29, 0.717) is 31.0 Å². The van der Waals surface area contributed by atoms with Crippen LogP contribution in [0.5, 0.6) is 5.75 Å². The molecule has 4 rings (SSSR count). The normalized spacial score (nSPS) is 17.8. The molecule has 1 aliphatic heterocycles. The molecule has 2 aromatic rings. The fourth-order valence-electron chi connectivity index (χ4n) is 4.62. The van der Waals surface area contributed by atoms with E-state index in [1.165, 1.54) is 50.5 Å². The number of aromatic hydroxyl groups is 1. The van der Waals surface area contributed by atoms with E-state index >= 15 is 0 Å². The molecule has 1 saturated carbocycles. The van der Waals surface area contributed by atoms with E-state index in [-0.39, 0.29) is 0 Å². The zero-order chi connectivity index (χ0) is 26.5. The van der Waals surface area contributed by atoms with E-state index in [4.69, 9.17) is 5.11 Å². The molecule has 36 heavy (non-hydrogen) atoms. The number of hydrogen-bond donors (Lipinski definition) is 1. The highest BCUT2D eigenvalue weighted by Gasteiger charge is 2.28. The lowest BCUT2D eigenvalue weighted by atomic mass is 9.91. The first-order valence-electron chi connectivity index (χ1n) is 13.4. The number of nitrogens with zero attached hydrogens (tertiary/aromatic N) is 1. The molecule has 2 aromatic carbocycles. The Morgan fingerprint density at radius 1 is 0.778 bits per heavy atom. The van der Waals surface area contributed by atoms with Gasteiger partial charge in [0.2, 0.25) is 11.6 Å². The molecule has 1 saturated heterocycles. The van der Waals surface area contributed by atoms with Crippen LogP contribution in [0, 0.1) is 35.1 Å². The van der Waals surface area contributed by atoms with Crippen molar-refractivity contribution in [2.45, 2.75) is 89.9 Å². The molecule has 0 unspecified atom stereocenters. The molecule has 202 valence electrons. The van der Waals surface area contributed by atoms with E-state index in [9.17, 15) is 17.6 Å². The largest absolute Gasteiger partial charge is 0.503 e. The Kier molecular flexibility index (Phi) is 13.7. The van der Waals surface area contributed by atoms with Crippen LogP contribution in [0.15, 0.2) is 35.2 Å². The number of phenolic OH excluding ortho intramolecular Hbond substituents is 1. The predicted molar refractivity (Wildman–Crippen MR) is 141 cm³/mol. The van der Waals surface area contributed by atoms with Gasteiger partial charge in [-0.25, -0.2) is 13.1 Å². The van der Waals surface area contributed by atoms with Gasteiger partial charge in [-0.3, -0.25) is 0 Å². The topological polar surface area (TPSA) is 23.5 Å². The molecule has 7 heteroatoms.